The van der Waals surface area contributed by atoms with Crippen LogP contribution in [0.15, 0.2) is 24.3 Å². The highest BCUT2D eigenvalue weighted by Crippen LogP contribution is 2.12. The molecular weight excluding hydrogens is 274 g/mol. The Balaban J connectivity index is 1.89. The van der Waals surface area contributed by atoms with Crippen LogP contribution in [0.5, 0.6) is 0 Å². The minimum Gasteiger partial charge on any atom is -0.481 e. The maximum atomic E-state index is 12.0. The number of nitrogens with zero attached hydrogens (tertiary/aromatic N) is 1. The van der Waals surface area contributed by atoms with Gasteiger partial charge < -0.3 is 20.6 Å². The topological polar surface area (TPSA) is 98.7 Å². The van der Waals surface area contributed by atoms with Crippen LogP contribution in [0.4, 0.5) is 10.5 Å². The number of aryl methyl sites for hydroxylation is 1. The van der Waals surface area contributed by atoms with Crippen LogP contribution in [0.25, 0.3) is 0 Å². The summed E-state index contributed by atoms with van der Waals surface area (Å²) in [4.78, 5) is 35.1. The van der Waals surface area contributed by atoms with Gasteiger partial charge in [0, 0.05) is 25.2 Å². The lowest BCUT2D eigenvalue weighted by Crippen LogP contribution is -2.51. The van der Waals surface area contributed by atoms with Crippen molar-refractivity contribution in [2.75, 3.05) is 25.0 Å². The van der Waals surface area contributed by atoms with E-state index in [9.17, 15) is 14.4 Å². The molecule has 1 aliphatic rings. The van der Waals surface area contributed by atoms with Gasteiger partial charge in [-0.1, -0.05) is 12.1 Å². The van der Waals surface area contributed by atoms with E-state index < -0.39 is 5.97 Å². The number of carbonyl (C=O) groups is 3. The van der Waals surface area contributed by atoms with Crippen molar-refractivity contribution in [3.05, 3.63) is 29.8 Å². The van der Waals surface area contributed by atoms with E-state index in [1.165, 1.54) is 4.90 Å². The molecule has 0 unspecified atom stereocenters. The molecule has 2 rings (SSSR count). The van der Waals surface area contributed by atoms with Crippen LogP contribution >= 0.6 is 0 Å². The van der Waals surface area contributed by atoms with Crippen LogP contribution in [-0.2, 0) is 16.0 Å². The van der Waals surface area contributed by atoms with E-state index >= 15 is 0 Å². The number of rotatable bonds is 4. The first-order valence-electron chi connectivity index (χ1n) is 6.68. The van der Waals surface area contributed by atoms with E-state index in [1.54, 1.807) is 24.3 Å². The quantitative estimate of drug-likeness (QED) is 0.759. The van der Waals surface area contributed by atoms with E-state index in [4.69, 9.17) is 5.11 Å². The maximum absolute atomic E-state index is 12.0. The van der Waals surface area contributed by atoms with Crippen molar-refractivity contribution in [1.82, 2.24) is 10.2 Å². The number of benzene rings is 1. The first kappa shape index (κ1) is 14.8. The molecule has 3 N–H and O–H groups in total. The summed E-state index contributed by atoms with van der Waals surface area (Å²) < 4.78 is 0. The highest BCUT2D eigenvalue weighted by molar-refractivity contribution is 5.93. The second-order valence-electron chi connectivity index (χ2n) is 4.79. The first-order chi connectivity index (χ1) is 10.0. The van der Waals surface area contributed by atoms with Crippen LogP contribution in [0.1, 0.15) is 12.0 Å². The summed E-state index contributed by atoms with van der Waals surface area (Å²) in [7, 11) is 0. The summed E-state index contributed by atoms with van der Waals surface area (Å²) in [5.74, 6) is -1.00. The number of piperazine rings is 1. The third kappa shape index (κ3) is 4.48. The predicted octanol–water partition coefficient (Wildman–Crippen LogP) is 0.667. The van der Waals surface area contributed by atoms with Gasteiger partial charge in [0.2, 0.25) is 5.91 Å². The van der Waals surface area contributed by atoms with E-state index in [-0.39, 0.29) is 24.9 Å². The minimum atomic E-state index is -0.837. The predicted molar refractivity (Wildman–Crippen MR) is 76.0 cm³/mol. The molecule has 1 aliphatic heterocycles. The molecule has 0 aromatic heterocycles. The van der Waals surface area contributed by atoms with Crippen LogP contribution in [0.2, 0.25) is 0 Å². The lowest BCUT2D eigenvalue weighted by molar-refractivity contribution is -0.137. The fourth-order valence-corrected chi connectivity index (χ4v) is 2.02. The molecule has 1 aromatic carbocycles. The molecule has 0 bridgehead atoms. The van der Waals surface area contributed by atoms with Gasteiger partial charge in [-0.3, -0.25) is 9.59 Å². The van der Waals surface area contributed by atoms with Crippen molar-refractivity contribution in [2.45, 2.75) is 12.8 Å². The van der Waals surface area contributed by atoms with Crippen LogP contribution in [0.3, 0.4) is 0 Å². The lowest BCUT2D eigenvalue weighted by atomic mass is 10.1. The molecule has 0 saturated carbocycles. The van der Waals surface area contributed by atoms with Crippen molar-refractivity contribution in [1.29, 1.82) is 0 Å². The molecule has 0 radical (unpaired) electrons. The number of carboxylic acid groups (broad SMARTS) is 1. The fraction of sp³-hybridized carbons (Fsp3) is 0.357. The molecule has 7 heteroatoms. The van der Waals surface area contributed by atoms with Gasteiger partial charge in [-0.25, -0.2) is 4.79 Å². The zero-order valence-corrected chi connectivity index (χ0v) is 11.5. The Hall–Kier alpha value is -2.57. The number of hydrogen-bond acceptors (Lipinski definition) is 3. The minimum absolute atomic E-state index is 0.0581. The average Bonchev–Trinajstić information content (AvgIpc) is 2.46. The first-order valence-corrected chi connectivity index (χ1v) is 6.68. The molecule has 0 aliphatic carbocycles. The molecule has 21 heavy (non-hydrogen) atoms. The number of hydrogen-bond donors (Lipinski definition) is 3. The average molecular weight is 291 g/mol. The summed E-state index contributed by atoms with van der Waals surface area (Å²) >= 11 is 0. The Morgan fingerprint density at radius 1 is 1.29 bits per heavy atom. The monoisotopic (exact) mass is 291 g/mol. The zero-order chi connectivity index (χ0) is 15.2. The van der Waals surface area contributed by atoms with Crippen molar-refractivity contribution in [3.63, 3.8) is 0 Å². The number of anilines is 1. The van der Waals surface area contributed by atoms with Gasteiger partial charge >= 0.3 is 12.0 Å². The summed E-state index contributed by atoms with van der Waals surface area (Å²) in [5.41, 5.74) is 1.51. The highest BCUT2D eigenvalue weighted by atomic mass is 16.4. The van der Waals surface area contributed by atoms with Gasteiger partial charge in [0.25, 0.3) is 0 Å². The Bertz CT molecular complexity index is 542. The molecule has 1 saturated heterocycles. The van der Waals surface area contributed by atoms with Gasteiger partial charge in [-0.2, -0.15) is 0 Å². The summed E-state index contributed by atoms with van der Waals surface area (Å²) in [6.45, 7) is 0.997. The SMILES string of the molecule is O=C(O)CCc1ccc(NC(=O)N2CCNC(=O)C2)cc1. The number of amides is 3. The molecule has 0 spiro atoms. The standard InChI is InChI=1S/C14H17N3O4/c18-12-9-17(8-7-15-12)14(21)16-11-4-1-10(2-5-11)3-6-13(19)20/h1-2,4-5H,3,6-9H2,(H,15,18)(H,16,21)(H,19,20). The Labute approximate surface area is 121 Å². The summed E-state index contributed by atoms with van der Waals surface area (Å²) in [6, 6.07) is 6.68. The van der Waals surface area contributed by atoms with Gasteiger partial charge in [0.1, 0.15) is 6.54 Å². The van der Waals surface area contributed by atoms with Gasteiger partial charge in [0.05, 0.1) is 0 Å². The molecule has 0 atom stereocenters. The van der Waals surface area contributed by atoms with E-state index in [1.807, 2.05) is 0 Å². The van der Waals surface area contributed by atoms with Gasteiger partial charge in [-0.05, 0) is 24.1 Å². The Morgan fingerprint density at radius 2 is 2.00 bits per heavy atom. The number of urea groups is 1. The normalized spacial score (nSPS) is 14.5. The highest BCUT2D eigenvalue weighted by Gasteiger charge is 2.20. The molecular formula is C14H17N3O4. The van der Waals surface area contributed by atoms with E-state index in [0.717, 1.165) is 5.56 Å². The molecule has 1 heterocycles. The molecule has 1 aromatic rings. The zero-order valence-electron chi connectivity index (χ0n) is 11.5. The third-order valence-corrected chi connectivity index (χ3v) is 3.16. The van der Waals surface area contributed by atoms with Crippen LogP contribution in [0, 0.1) is 0 Å². The number of carbonyl (C=O) groups excluding carboxylic acids is 2. The van der Waals surface area contributed by atoms with Crippen molar-refractivity contribution >= 4 is 23.6 Å². The van der Waals surface area contributed by atoms with Crippen molar-refractivity contribution < 1.29 is 19.5 Å². The number of carboxylic acids is 1. The summed E-state index contributed by atoms with van der Waals surface area (Å²) in [5, 5.41) is 14.0. The molecule has 7 nitrogen and oxygen atoms in total. The Kier molecular flexibility index (Phi) is 4.76. The molecule has 1 fully saturated rings. The largest absolute Gasteiger partial charge is 0.481 e. The van der Waals surface area contributed by atoms with E-state index in [2.05, 4.69) is 10.6 Å². The van der Waals surface area contributed by atoms with Crippen LogP contribution < -0.4 is 10.6 Å². The Morgan fingerprint density at radius 3 is 2.62 bits per heavy atom. The van der Waals surface area contributed by atoms with Crippen molar-refractivity contribution in [3.8, 4) is 0 Å². The second-order valence-corrected chi connectivity index (χ2v) is 4.79. The van der Waals surface area contributed by atoms with Crippen molar-refractivity contribution in [2.24, 2.45) is 0 Å². The second kappa shape index (κ2) is 6.74. The smallest absolute Gasteiger partial charge is 0.322 e. The molecule has 3 amide bonds. The fourth-order valence-electron chi connectivity index (χ4n) is 2.02. The van der Waals surface area contributed by atoms with Crippen LogP contribution in [-0.4, -0.2) is 47.5 Å². The number of aliphatic carboxylic acids is 1. The maximum Gasteiger partial charge on any atom is 0.322 e. The third-order valence-electron chi connectivity index (χ3n) is 3.16. The summed E-state index contributed by atoms with van der Waals surface area (Å²) in [6.07, 6.45) is 0.532. The van der Waals surface area contributed by atoms with E-state index in [0.29, 0.717) is 25.2 Å². The number of nitrogens with one attached hydrogen (secondary N) is 2. The van der Waals surface area contributed by atoms with Gasteiger partial charge in [0.15, 0.2) is 0 Å². The van der Waals surface area contributed by atoms with Gasteiger partial charge in [-0.15, -0.1) is 0 Å². The molecule has 112 valence electrons. The lowest BCUT2D eigenvalue weighted by Gasteiger charge is -2.26.